The SMILES string of the molecule is C#CCCNCc1ccc(C(C)(C)C)s1. The van der Waals surface area contributed by atoms with Crippen LogP contribution in [0.1, 0.15) is 36.9 Å². The Hall–Kier alpha value is -0.780. The quantitative estimate of drug-likeness (QED) is 0.608. The van der Waals surface area contributed by atoms with Crippen molar-refractivity contribution in [3.8, 4) is 12.3 Å². The van der Waals surface area contributed by atoms with Crippen molar-refractivity contribution in [2.75, 3.05) is 6.54 Å². The van der Waals surface area contributed by atoms with E-state index in [0.29, 0.717) is 0 Å². The second kappa shape index (κ2) is 5.34. The van der Waals surface area contributed by atoms with E-state index in [-0.39, 0.29) is 5.41 Å². The van der Waals surface area contributed by atoms with Crippen molar-refractivity contribution in [1.82, 2.24) is 5.32 Å². The van der Waals surface area contributed by atoms with Gasteiger partial charge in [-0.25, -0.2) is 0 Å². The molecule has 15 heavy (non-hydrogen) atoms. The van der Waals surface area contributed by atoms with Gasteiger partial charge in [-0.3, -0.25) is 0 Å². The highest BCUT2D eigenvalue weighted by molar-refractivity contribution is 7.12. The molecule has 0 aliphatic rings. The van der Waals surface area contributed by atoms with Crippen molar-refractivity contribution in [3.63, 3.8) is 0 Å². The van der Waals surface area contributed by atoms with Gasteiger partial charge in [-0.2, -0.15) is 0 Å². The average molecular weight is 221 g/mol. The van der Waals surface area contributed by atoms with Crippen LogP contribution in [-0.4, -0.2) is 6.54 Å². The van der Waals surface area contributed by atoms with Crippen LogP contribution in [0.4, 0.5) is 0 Å². The minimum absolute atomic E-state index is 0.266. The molecular formula is C13H19NS. The van der Waals surface area contributed by atoms with E-state index in [1.807, 2.05) is 11.3 Å². The van der Waals surface area contributed by atoms with Gasteiger partial charge in [0, 0.05) is 29.3 Å². The summed E-state index contributed by atoms with van der Waals surface area (Å²) in [4.78, 5) is 2.83. The number of thiophene rings is 1. The second-order valence-corrected chi connectivity index (χ2v) is 5.82. The summed E-state index contributed by atoms with van der Waals surface area (Å²) < 4.78 is 0. The third kappa shape index (κ3) is 4.07. The third-order valence-electron chi connectivity index (χ3n) is 2.15. The molecule has 1 aromatic heterocycles. The highest BCUT2D eigenvalue weighted by Gasteiger charge is 2.15. The topological polar surface area (TPSA) is 12.0 Å². The van der Waals surface area contributed by atoms with Gasteiger partial charge in [0.1, 0.15) is 0 Å². The summed E-state index contributed by atoms with van der Waals surface area (Å²) in [6.45, 7) is 8.57. The van der Waals surface area contributed by atoms with Crippen LogP contribution in [-0.2, 0) is 12.0 Å². The molecule has 1 nitrogen and oxygen atoms in total. The standard InChI is InChI=1S/C13H19NS/c1-5-6-9-14-10-11-7-8-12(15-11)13(2,3)4/h1,7-8,14H,6,9-10H2,2-4H3. The predicted octanol–water partition coefficient (Wildman–Crippen LogP) is 3.16. The fourth-order valence-corrected chi connectivity index (χ4v) is 2.28. The molecule has 0 saturated carbocycles. The molecule has 1 aromatic rings. The molecule has 0 amide bonds. The van der Waals surface area contributed by atoms with Gasteiger partial charge in [0.05, 0.1) is 0 Å². The van der Waals surface area contributed by atoms with E-state index in [4.69, 9.17) is 6.42 Å². The summed E-state index contributed by atoms with van der Waals surface area (Å²) >= 11 is 1.88. The summed E-state index contributed by atoms with van der Waals surface area (Å²) in [5.41, 5.74) is 0.266. The van der Waals surface area contributed by atoms with E-state index >= 15 is 0 Å². The van der Waals surface area contributed by atoms with E-state index in [0.717, 1.165) is 19.5 Å². The first kappa shape index (κ1) is 12.3. The highest BCUT2D eigenvalue weighted by atomic mass is 32.1. The minimum Gasteiger partial charge on any atom is -0.311 e. The van der Waals surface area contributed by atoms with E-state index < -0.39 is 0 Å². The smallest absolute Gasteiger partial charge is 0.0300 e. The van der Waals surface area contributed by atoms with Gasteiger partial charge in [0.25, 0.3) is 0 Å². The maximum absolute atomic E-state index is 5.18. The lowest BCUT2D eigenvalue weighted by atomic mass is 9.95. The molecule has 0 atom stereocenters. The molecule has 1 N–H and O–H groups in total. The molecule has 0 fully saturated rings. The summed E-state index contributed by atoms with van der Waals surface area (Å²) in [5.74, 6) is 2.62. The van der Waals surface area contributed by atoms with Crippen LogP contribution < -0.4 is 5.32 Å². The van der Waals surface area contributed by atoms with Gasteiger partial charge in [0.15, 0.2) is 0 Å². The predicted molar refractivity (Wildman–Crippen MR) is 68.2 cm³/mol. The van der Waals surface area contributed by atoms with Crippen molar-refractivity contribution in [3.05, 3.63) is 21.9 Å². The Morgan fingerprint density at radius 1 is 1.40 bits per heavy atom. The Morgan fingerprint density at radius 2 is 2.13 bits per heavy atom. The molecule has 82 valence electrons. The molecule has 0 aliphatic carbocycles. The Kier molecular flexibility index (Phi) is 4.38. The zero-order valence-corrected chi connectivity index (χ0v) is 10.6. The minimum atomic E-state index is 0.266. The van der Waals surface area contributed by atoms with Crippen molar-refractivity contribution >= 4 is 11.3 Å². The molecule has 0 aromatic carbocycles. The van der Waals surface area contributed by atoms with Crippen LogP contribution in [0.3, 0.4) is 0 Å². The number of nitrogens with one attached hydrogen (secondary N) is 1. The van der Waals surface area contributed by atoms with Crippen molar-refractivity contribution in [2.45, 2.75) is 39.2 Å². The first-order valence-corrected chi connectivity index (χ1v) is 6.09. The third-order valence-corrected chi connectivity index (χ3v) is 3.66. The van der Waals surface area contributed by atoms with Crippen LogP contribution in [0.2, 0.25) is 0 Å². The lowest BCUT2D eigenvalue weighted by Gasteiger charge is -2.15. The maximum atomic E-state index is 5.18. The van der Waals surface area contributed by atoms with E-state index in [2.05, 4.69) is 44.1 Å². The van der Waals surface area contributed by atoms with Crippen LogP contribution in [0.15, 0.2) is 12.1 Å². The number of terminal acetylenes is 1. The van der Waals surface area contributed by atoms with Gasteiger partial charge >= 0.3 is 0 Å². The summed E-state index contributed by atoms with van der Waals surface area (Å²) in [6.07, 6.45) is 5.98. The number of hydrogen-bond donors (Lipinski definition) is 1. The monoisotopic (exact) mass is 221 g/mol. The Balaban J connectivity index is 2.44. The van der Waals surface area contributed by atoms with Gasteiger partial charge in [-0.15, -0.1) is 23.7 Å². The van der Waals surface area contributed by atoms with Gasteiger partial charge in [-0.1, -0.05) is 20.8 Å². The van der Waals surface area contributed by atoms with Crippen molar-refractivity contribution in [2.24, 2.45) is 0 Å². The normalized spacial score (nSPS) is 11.3. The largest absolute Gasteiger partial charge is 0.311 e. The lowest BCUT2D eigenvalue weighted by Crippen LogP contribution is -2.13. The molecule has 0 aliphatic heterocycles. The van der Waals surface area contributed by atoms with Crippen LogP contribution in [0, 0.1) is 12.3 Å². The zero-order chi connectivity index (χ0) is 11.3. The summed E-state index contributed by atoms with van der Waals surface area (Å²) in [6, 6.07) is 4.43. The van der Waals surface area contributed by atoms with Gasteiger partial charge < -0.3 is 5.32 Å². The van der Waals surface area contributed by atoms with Crippen molar-refractivity contribution in [1.29, 1.82) is 0 Å². The van der Waals surface area contributed by atoms with E-state index in [1.165, 1.54) is 9.75 Å². The summed E-state index contributed by atoms with van der Waals surface area (Å²) in [5, 5.41) is 3.34. The number of hydrogen-bond acceptors (Lipinski definition) is 2. The van der Waals surface area contributed by atoms with Crippen LogP contribution in [0.5, 0.6) is 0 Å². The first-order valence-electron chi connectivity index (χ1n) is 5.27. The lowest BCUT2D eigenvalue weighted by molar-refractivity contribution is 0.604. The fraction of sp³-hybridized carbons (Fsp3) is 0.538. The molecule has 0 bridgehead atoms. The number of rotatable bonds is 4. The van der Waals surface area contributed by atoms with Crippen molar-refractivity contribution < 1.29 is 0 Å². The van der Waals surface area contributed by atoms with Gasteiger partial charge in [0.2, 0.25) is 0 Å². The summed E-state index contributed by atoms with van der Waals surface area (Å²) in [7, 11) is 0. The molecule has 0 saturated heterocycles. The van der Waals surface area contributed by atoms with E-state index in [9.17, 15) is 0 Å². The molecule has 1 rings (SSSR count). The molecule has 0 spiro atoms. The maximum Gasteiger partial charge on any atom is 0.0300 e. The highest BCUT2D eigenvalue weighted by Crippen LogP contribution is 2.29. The van der Waals surface area contributed by atoms with E-state index in [1.54, 1.807) is 0 Å². The fourth-order valence-electron chi connectivity index (χ4n) is 1.25. The van der Waals surface area contributed by atoms with Gasteiger partial charge in [-0.05, 0) is 17.5 Å². The molecule has 0 unspecified atom stereocenters. The Bertz CT molecular complexity index is 338. The molecule has 2 heteroatoms. The molecule has 1 heterocycles. The second-order valence-electron chi connectivity index (χ2n) is 4.65. The van der Waals surface area contributed by atoms with Crippen LogP contribution in [0.25, 0.3) is 0 Å². The van der Waals surface area contributed by atoms with Crippen LogP contribution >= 0.6 is 11.3 Å². The Morgan fingerprint density at radius 3 is 2.67 bits per heavy atom. The molecule has 0 radical (unpaired) electrons. The average Bonchev–Trinajstić information content (AvgIpc) is 2.60. The first-order chi connectivity index (χ1) is 7.04. The Labute approximate surface area is 96.9 Å². The zero-order valence-electron chi connectivity index (χ0n) is 9.76. The molecular weight excluding hydrogens is 202 g/mol.